The van der Waals surface area contributed by atoms with Gasteiger partial charge >= 0.3 is 0 Å². The SMILES string of the molecule is COc1ccc([C@@H](N)C(C)(C)C)c(OC)c1OC.Cl. The molecule has 0 fully saturated rings. The summed E-state index contributed by atoms with van der Waals surface area (Å²) in [7, 11) is 4.80. The van der Waals surface area contributed by atoms with E-state index in [4.69, 9.17) is 19.9 Å². The Kier molecular flexibility index (Phi) is 6.46. The summed E-state index contributed by atoms with van der Waals surface area (Å²) in [5.41, 5.74) is 7.14. The molecule has 0 amide bonds. The van der Waals surface area contributed by atoms with Crippen LogP contribution >= 0.6 is 12.4 Å². The highest BCUT2D eigenvalue weighted by atomic mass is 35.5. The zero-order valence-electron chi connectivity index (χ0n) is 12.4. The first-order valence-corrected chi connectivity index (χ1v) is 5.91. The summed E-state index contributed by atoms with van der Waals surface area (Å²) in [6, 6.07) is 3.63. The van der Waals surface area contributed by atoms with Crippen molar-refractivity contribution in [1.29, 1.82) is 0 Å². The highest BCUT2D eigenvalue weighted by molar-refractivity contribution is 5.85. The van der Waals surface area contributed by atoms with Crippen LogP contribution in [0.1, 0.15) is 32.4 Å². The van der Waals surface area contributed by atoms with Crippen LogP contribution in [0.5, 0.6) is 17.2 Å². The van der Waals surface area contributed by atoms with Crippen molar-refractivity contribution >= 4 is 12.4 Å². The van der Waals surface area contributed by atoms with Crippen molar-refractivity contribution < 1.29 is 14.2 Å². The molecule has 0 aliphatic carbocycles. The van der Waals surface area contributed by atoms with Gasteiger partial charge in [-0.15, -0.1) is 12.4 Å². The minimum Gasteiger partial charge on any atom is -0.493 e. The van der Waals surface area contributed by atoms with Crippen LogP contribution in [0.15, 0.2) is 12.1 Å². The normalized spacial score (nSPS) is 12.4. The van der Waals surface area contributed by atoms with Gasteiger partial charge in [0.1, 0.15) is 0 Å². The third-order valence-electron chi connectivity index (χ3n) is 3.00. The Morgan fingerprint density at radius 1 is 0.947 bits per heavy atom. The van der Waals surface area contributed by atoms with Gasteiger partial charge in [0.2, 0.25) is 5.75 Å². The summed E-state index contributed by atoms with van der Waals surface area (Å²) < 4.78 is 16.1. The summed E-state index contributed by atoms with van der Waals surface area (Å²) in [6.45, 7) is 6.27. The van der Waals surface area contributed by atoms with Gasteiger partial charge in [-0.3, -0.25) is 0 Å². The molecule has 0 spiro atoms. The van der Waals surface area contributed by atoms with Gasteiger partial charge in [0.15, 0.2) is 11.5 Å². The van der Waals surface area contributed by atoms with Crippen LogP contribution < -0.4 is 19.9 Å². The highest BCUT2D eigenvalue weighted by Crippen LogP contribution is 2.44. The fraction of sp³-hybridized carbons (Fsp3) is 0.571. The van der Waals surface area contributed by atoms with Crippen molar-refractivity contribution in [2.45, 2.75) is 26.8 Å². The molecule has 1 aromatic rings. The van der Waals surface area contributed by atoms with Gasteiger partial charge < -0.3 is 19.9 Å². The van der Waals surface area contributed by atoms with E-state index < -0.39 is 0 Å². The Morgan fingerprint density at radius 2 is 1.47 bits per heavy atom. The Balaban J connectivity index is 0.00000324. The molecule has 4 nitrogen and oxygen atoms in total. The molecule has 0 aromatic heterocycles. The summed E-state index contributed by atoms with van der Waals surface area (Å²) >= 11 is 0. The van der Waals surface area contributed by atoms with Crippen molar-refractivity contribution in [3.8, 4) is 17.2 Å². The van der Waals surface area contributed by atoms with E-state index in [1.54, 1.807) is 21.3 Å². The first kappa shape index (κ1) is 17.9. The van der Waals surface area contributed by atoms with E-state index in [0.717, 1.165) is 5.56 Å². The third-order valence-corrected chi connectivity index (χ3v) is 3.00. The van der Waals surface area contributed by atoms with Crippen molar-refractivity contribution in [3.63, 3.8) is 0 Å². The molecule has 5 heteroatoms. The van der Waals surface area contributed by atoms with Gasteiger partial charge in [0.25, 0.3) is 0 Å². The van der Waals surface area contributed by atoms with Crippen molar-refractivity contribution in [3.05, 3.63) is 17.7 Å². The standard InChI is InChI=1S/C14H23NO3.ClH/c1-14(2,3)13(15)9-7-8-10(16-4)12(18-6)11(9)17-5;/h7-8,13H,15H2,1-6H3;1H/t13-;/m1./s1. The number of ether oxygens (including phenoxy) is 3. The monoisotopic (exact) mass is 289 g/mol. The predicted molar refractivity (Wildman–Crippen MR) is 79.7 cm³/mol. The lowest BCUT2D eigenvalue weighted by Gasteiger charge is -2.29. The average molecular weight is 290 g/mol. The number of hydrogen-bond acceptors (Lipinski definition) is 4. The van der Waals surface area contributed by atoms with Crippen LogP contribution in [0.3, 0.4) is 0 Å². The summed E-state index contributed by atoms with van der Waals surface area (Å²) in [6.07, 6.45) is 0. The lowest BCUT2D eigenvalue weighted by molar-refractivity contribution is 0.296. The average Bonchev–Trinajstić information content (AvgIpc) is 2.34. The Hall–Kier alpha value is -1.13. The zero-order valence-corrected chi connectivity index (χ0v) is 13.3. The maximum absolute atomic E-state index is 6.29. The smallest absolute Gasteiger partial charge is 0.203 e. The molecule has 0 saturated carbocycles. The molecule has 0 radical (unpaired) electrons. The number of hydrogen-bond donors (Lipinski definition) is 1. The molecule has 19 heavy (non-hydrogen) atoms. The first-order chi connectivity index (χ1) is 8.36. The van der Waals surface area contributed by atoms with Gasteiger partial charge in [-0.25, -0.2) is 0 Å². The van der Waals surface area contributed by atoms with Gasteiger partial charge in [-0.1, -0.05) is 20.8 Å². The quantitative estimate of drug-likeness (QED) is 0.925. The summed E-state index contributed by atoms with van der Waals surface area (Å²) in [4.78, 5) is 0. The molecule has 0 aliphatic heterocycles. The fourth-order valence-electron chi connectivity index (χ4n) is 1.84. The number of methoxy groups -OCH3 is 3. The molecule has 2 N–H and O–H groups in total. The largest absolute Gasteiger partial charge is 0.493 e. The van der Waals surface area contributed by atoms with Crippen LogP contribution in [0, 0.1) is 5.41 Å². The lowest BCUT2D eigenvalue weighted by atomic mass is 9.82. The molecule has 0 bridgehead atoms. The number of rotatable bonds is 4. The second-order valence-corrected chi connectivity index (χ2v) is 5.27. The van der Waals surface area contributed by atoms with Crippen LogP contribution in [0.2, 0.25) is 0 Å². The van der Waals surface area contributed by atoms with Gasteiger partial charge in [0.05, 0.1) is 21.3 Å². The molecule has 110 valence electrons. The second kappa shape index (κ2) is 6.87. The van der Waals surface area contributed by atoms with Crippen LogP contribution in [0.4, 0.5) is 0 Å². The Labute approximate surface area is 121 Å². The van der Waals surface area contributed by atoms with Gasteiger partial charge in [-0.2, -0.15) is 0 Å². The highest BCUT2D eigenvalue weighted by Gasteiger charge is 2.27. The van der Waals surface area contributed by atoms with E-state index in [-0.39, 0.29) is 23.9 Å². The van der Waals surface area contributed by atoms with Crippen molar-refractivity contribution in [2.75, 3.05) is 21.3 Å². The van der Waals surface area contributed by atoms with Crippen LogP contribution in [-0.4, -0.2) is 21.3 Å². The van der Waals surface area contributed by atoms with Crippen LogP contribution in [0.25, 0.3) is 0 Å². The molecule has 1 rings (SSSR count). The van der Waals surface area contributed by atoms with Gasteiger partial charge in [0, 0.05) is 11.6 Å². The predicted octanol–water partition coefficient (Wildman–Crippen LogP) is 3.18. The first-order valence-electron chi connectivity index (χ1n) is 5.91. The minimum absolute atomic E-state index is 0. The van der Waals surface area contributed by atoms with Crippen molar-refractivity contribution in [1.82, 2.24) is 0 Å². The van der Waals surface area contributed by atoms with E-state index >= 15 is 0 Å². The molecule has 1 aromatic carbocycles. The molecule has 0 unspecified atom stereocenters. The van der Waals surface area contributed by atoms with E-state index in [9.17, 15) is 0 Å². The number of benzene rings is 1. The molecule has 0 saturated heterocycles. The van der Waals surface area contributed by atoms with E-state index in [1.165, 1.54) is 0 Å². The molecular weight excluding hydrogens is 266 g/mol. The Morgan fingerprint density at radius 3 is 1.84 bits per heavy atom. The maximum atomic E-state index is 6.29. The number of nitrogens with two attached hydrogens (primary N) is 1. The fourth-order valence-corrected chi connectivity index (χ4v) is 1.84. The lowest BCUT2D eigenvalue weighted by Crippen LogP contribution is -2.26. The second-order valence-electron chi connectivity index (χ2n) is 5.27. The molecule has 0 heterocycles. The van der Waals surface area contributed by atoms with Crippen LogP contribution in [-0.2, 0) is 0 Å². The molecule has 1 atom stereocenters. The zero-order chi connectivity index (χ0) is 13.9. The third kappa shape index (κ3) is 3.67. The van der Waals surface area contributed by atoms with Gasteiger partial charge in [-0.05, 0) is 17.5 Å². The van der Waals surface area contributed by atoms with E-state index in [2.05, 4.69) is 20.8 Å². The van der Waals surface area contributed by atoms with E-state index in [1.807, 2.05) is 12.1 Å². The summed E-state index contributed by atoms with van der Waals surface area (Å²) in [5, 5.41) is 0. The molecular formula is C14H24ClNO3. The summed E-state index contributed by atoms with van der Waals surface area (Å²) in [5.74, 6) is 1.86. The Bertz CT molecular complexity index is 416. The topological polar surface area (TPSA) is 53.7 Å². The minimum atomic E-state index is -0.146. The molecule has 0 aliphatic rings. The van der Waals surface area contributed by atoms with Crippen molar-refractivity contribution in [2.24, 2.45) is 11.1 Å². The maximum Gasteiger partial charge on any atom is 0.203 e. The number of halogens is 1. The van der Waals surface area contributed by atoms with E-state index in [0.29, 0.717) is 17.2 Å².